The summed E-state index contributed by atoms with van der Waals surface area (Å²) in [5.74, 6) is 1.22. The van der Waals surface area contributed by atoms with Crippen LogP contribution in [0.1, 0.15) is 25.5 Å². The molecule has 1 aliphatic heterocycles. The molecule has 0 spiro atoms. The second-order valence-corrected chi connectivity index (χ2v) is 5.56. The zero-order valence-corrected chi connectivity index (χ0v) is 13.1. The summed E-state index contributed by atoms with van der Waals surface area (Å²) in [6.45, 7) is 6.42. The molecule has 8 nitrogen and oxygen atoms in total. The van der Waals surface area contributed by atoms with Gasteiger partial charge in [0, 0.05) is 32.3 Å². The fraction of sp³-hybridized carbons (Fsp3) is 0.769. The number of carbonyl (C=O) groups is 1. The van der Waals surface area contributed by atoms with Crippen molar-refractivity contribution in [3.8, 4) is 0 Å². The summed E-state index contributed by atoms with van der Waals surface area (Å²) < 4.78 is 4.95. The van der Waals surface area contributed by atoms with Crippen LogP contribution in [-0.4, -0.2) is 70.3 Å². The minimum absolute atomic E-state index is 0.0634. The van der Waals surface area contributed by atoms with Crippen LogP contribution in [0.5, 0.6) is 0 Å². The van der Waals surface area contributed by atoms with Gasteiger partial charge >= 0.3 is 6.03 Å². The normalized spacial score (nSPS) is 23.3. The molecule has 0 aromatic carbocycles. The first-order valence-corrected chi connectivity index (χ1v) is 7.15. The van der Waals surface area contributed by atoms with Gasteiger partial charge < -0.3 is 15.0 Å². The summed E-state index contributed by atoms with van der Waals surface area (Å²) in [5, 5.41) is 9.66. The topological polar surface area (TPSA) is 86.4 Å². The number of aromatic amines is 1. The van der Waals surface area contributed by atoms with E-state index in [1.807, 2.05) is 4.90 Å². The van der Waals surface area contributed by atoms with Crippen LogP contribution in [-0.2, 0) is 17.9 Å². The second-order valence-electron chi connectivity index (χ2n) is 5.56. The van der Waals surface area contributed by atoms with E-state index in [1.165, 1.54) is 0 Å². The first kappa shape index (κ1) is 15.7. The van der Waals surface area contributed by atoms with E-state index in [0.29, 0.717) is 36.9 Å². The minimum Gasteiger partial charge on any atom is -0.377 e. The van der Waals surface area contributed by atoms with Crippen molar-refractivity contribution in [1.82, 2.24) is 30.3 Å². The Labute approximate surface area is 124 Å². The lowest BCUT2D eigenvalue weighted by molar-refractivity contribution is 0.0768. The van der Waals surface area contributed by atoms with Crippen LogP contribution in [0.4, 0.5) is 4.79 Å². The Morgan fingerprint density at radius 2 is 2.10 bits per heavy atom. The van der Waals surface area contributed by atoms with Gasteiger partial charge in [0.15, 0.2) is 5.82 Å². The van der Waals surface area contributed by atoms with E-state index in [4.69, 9.17) is 4.74 Å². The molecule has 2 atom stereocenters. The van der Waals surface area contributed by atoms with Crippen molar-refractivity contribution in [2.75, 3.05) is 27.2 Å². The maximum atomic E-state index is 12.2. The molecule has 1 aliphatic rings. The number of rotatable bonds is 4. The van der Waals surface area contributed by atoms with Gasteiger partial charge in [0.25, 0.3) is 0 Å². The quantitative estimate of drug-likeness (QED) is 0.828. The van der Waals surface area contributed by atoms with Crippen molar-refractivity contribution in [3.63, 3.8) is 0 Å². The fourth-order valence-electron chi connectivity index (χ4n) is 2.45. The van der Waals surface area contributed by atoms with Crippen LogP contribution in [0.2, 0.25) is 0 Å². The average Bonchev–Trinajstić information content (AvgIpc) is 2.89. The lowest BCUT2D eigenvalue weighted by Gasteiger charge is -2.42. The molecule has 2 rings (SSSR count). The second kappa shape index (κ2) is 6.86. The van der Waals surface area contributed by atoms with E-state index in [0.717, 1.165) is 13.1 Å². The van der Waals surface area contributed by atoms with Crippen molar-refractivity contribution in [2.45, 2.75) is 39.1 Å². The lowest BCUT2D eigenvalue weighted by atomic mass is 10.1. The molecule has 1 aromatic rings. The summed E-state index contributed by atoms with van der Waals surface area (Å²) >= 11 is 0. The van der Waals surface area contributed by atoms with Crippen molar-refractivity contribution in [2.24, 2.45) is 0 Å². The molecule has 8 heteroatoms. The Bertz CT molecular complexity index is 465. The first-order valence-electron chi connectivity index (χ1n) is 7.15. The molecule has 0 bridgehead atoms. The van der Waals surface area contributed by atoms with E-state index in [2.05, 4.69) is 46.3 Å². The van der Waals surface area contributed by atoms with Crippen LogP contribution in [0.25, 0.3) is 0 Å². The number of urea groups is 1. The number of methoxy groups -OCH3 is 1. The van der Waals surface area contributed by atoms with E-state index in [9.17, 15) is 4.79 Å². The number of nitrogens with one attached hydrogen (secondary N) is 2. The Kier molecular flexibility index (Phi) is 5.13. The third kappa shape index (κ3) is 3.92. The maximum absolute atomic E-state index is 12.2. The van der Waals surface area contributed by atoms with E-state index >= 15 is 0 Å². The number of hydrogen-bond donors (Lipinski definition) is 2. The molecular formula is C13H24N6O2. The van der Waals surface area contributed by atoms with Crippen molar-refractivity contribution in [1.29, 1.82) is 0 Å². The molecule has 0 saturated carbocycles. The molecule has 21 heavy (non-hydrogen) atoms. The average molecular weight is 296 g/mol. The van der Waals surface area contributed by atoms with Crippen LogP contribution in [0.15, 0.2) is 0 Å². The number of hydrogen-bond acceptors (Lipinski definition) is 5. The molecule has 1 saturated heterocycles. The lowest BCUT2D eigenvalue weighted by Crippen LogP contribution is -2.58. The zero-order chi connectivity index (χ0) is 15.4. The number of piperazine rings is 1. The highest BCUT2D eigenvalue weighted by Gasteiger charge is 2.29. The number of carbonyl (C=O) groups excluding carboxylic acids is 1. The monoisotopic (exact) mass is 296 g/mol. The minimum atomic E-state index is -0.0634. The highest BCUT2D eigenvalue weighted by molar-refractivity contribution is 5.74. The van der Waals surface area contributed by atoms with Gasteiger partial charge in [-0.15, -0.1) is 0 Å². The van der Waals surface area contributed by atoms with Crippen LogP contribution in [0.3, 0.4) is 0 Å². The van der Waals surface area contributed by atoms with Gasteiger partial charge in [-0.1, -0.05) is 0 Å². The number of amides is 2. The molecule has 1 fully saturated rings. The van der Waals surface area contributed by atoms with Crippen LogP contribution in [0, 0.1) is 0 Å². The van der Waals surface area contributed by atoms with Gasteiger partial charge in [-0.25, -0.2) is 9.78 Å². The van der Waals surface area contributed by atoms with Crippen molar-refractivity contribution < 1.29 is 9.53 Å². The van der Waals surface area contributed by atoms with Crippen LogP contribution < -0.4 is 5.32 Å². The zero-order valence-electron chi connectivity index (χ0n) is 13.1. The standard InChI is InChI=1S/C13H24N6O2/c1-9-6-19(7-10(2)18(9)3)13(20)14-5-11-15-12(8-21-4)17-16-11/h9-10H,5-8H2,1-4H3,(H,14,20)(H,15,16,17)/t9-,10+. The number of ether oxygens (including phenoxy) is 1. The third-order valence-electron chi connectivity index (χ3n) is 3.91. The SMILES string of the molecule is COCc1n[nH]c(CNC(=O)N2C[C@@H](C)N(C)[C@@H](C)C2)n1. The summed E-state index contributed by atoms with van der Waals surface area (Å²) in [6.07, 6.45) is 0. The summed E-state index contributed by atoms with van der Waals surface area (Å²) in [7, 11) is 3.68. The maximum Gasteiger partial charge on any atom is 0.317 e. The molecule has 2 amide bonds. The van der Waals surface area contributed by atoms with Gasteiger partial charge in [0.05, 0.1) is 6.54 Å². The fourth-order valence-corrected chi connectivity index (χ4v) is 2.45. The number of likely N-dealkylation sites (N-methyl/N-ethyl adjacent to an activating group) is 1. The Morgan fingerprint density at radius 1 is 1.43 bits per heavy atom. The molecule has 0 aliphatic carbocycles. The summed E-state index contributed by atoms with van der Waals surface area (Å²) in [6, 6.07) is 0.655. The molecule has 118 valence electrons. The van der Waals surface area contributed by atoms with Crippen LogP contribution >= 0.6 is 0 Å². The van der Waals surface area contributed by atoms with Crippen molar-refractivity contribution in [3.05, 3.63) is 11.6 Å². The predicted molar refractivity (Wildman–Crippen MR) is 77.6 cm³/mol. The molecule has 0 radical (unpaired) electrons. The molecule has 2 heterocycles. The van der Waals surface area contributed by atoms with E-state index < -0.39 is 0 Å². The number of nitrogens with zero attached hydrogens (tertiary/aromatic N) is 4. The molecular weight excluding hydrogens is 272 g/mol. The van der Waals surface area contributed by atoms with Gasteiger partial charge in [-0.2, -0.15) is 5.10 Å². The largest absolute Gasteiger partial charge is 0.377 e. The van der Waals surface area contributed by atoms with Gasteiger partial charge in [-0.3, -0.25) is 10.00 Å². The smallest absolute Gasteiger partial charge is 0.317 e. The third-order valence-corrected chi connectivity index (χ3v) is 3.91. The molecule has 0 unspecified atom stereocenters. The highest BCUT2D eigenvalue weighted by Crippen LogP contribution is 2.13. The number of aromatic nitrogens is 3. The van der Waals surface area contributed by atoms with E-state index in [-0.39, 0.29) is 6.03 Å². The number of H-pyrrole nitrogens is 1. The Hall–Kier alpha value is -1.67. The van der Waals surface area contributed by atoms with Gasteiger partial charge in [0.2, 0.25) is 0 Å². The van der Waals surface area contributed by atoms with E-state index in [1.54, 1.807) is 7.11 Å². The predicted octanol–water partition coefficient (Wildman–Crippen LogP) is 0.185. The summed E-state index contributed by atoms with van der Waals surface area (Å²) in [5.41, 5.74) is 0. The van der Waals surface area contributed by atoms with Crippen molar-refractivity contribution >= 4 is 6.03 Å². The molecule has 1 aromatic heterocycles. The Morgan fingerprint density at radius 3 is 2.71 bits per heavy atom. The Balaban J connectivity index is 1.83. The molecule has 2 N–H and O–H groups in total. The van der Waals surface area contributed by atoms with Gasteiger partial charge in [-0.05, 0) is 20.9 Å². The summed E-state index contributed by atoms with van der Waals surface area (Å²) in [4.78, 5) is 20.6. The highest BCUT2D eigenvalue weighted by atomic mass is 16.5. The van der Waals surface area contributed by atoms with Gasteiger partial charge in [0.1, 0.15) is 12.4 Å². The first-order chi connectivity index (χ1) is 10.0.